The van der Waals surface area contributed by atoms with Crippen LogP contribution < -0.4 is 9.46 Å². The van der Waals surface area contributed by atoms with Crippen LogP contribution in [-0.4, -0.2) is 27.3 Å². The molecule has 2 atom stereocenters. The Morgan fingerprint density at radius 2 is 2.09 bits per heavy atom. The van der Waals surface area contributed by atoms with Crippen LogP contribution in [0.15, 0.2) is 12.3 Å². The summed E-state index contributed by atoms with van der Waals surface area (Å²) in [6.45, 7) is 6.97. The maximum absolute atomic E-state index is 12.3. The van der Waals surface area contributed by atoms with E-state index in [1.54, 1.807) is 6.20 Å². The summed E-state index contributed by atoms with van der Waals surface area (Å²) in [4.78, 5) is 4.21. The van der Waals surface area contributed by atoms with Crippen molar-refractivity contribution in [3.8, 4) is 5.88 Å². The van der Waals surface area contributed by atoms with Crippen LogP contribution in [0.2, 0.25) is 0 Å². The predicted octanol–water partition coefficient (Wildman–Crippen LogP) is 3.72. The second-order valence-electron chi connectivity index (χ2n) is 6.86. The summed E-state index contributed by atoms with van der Waals surface area (Å²) < 4.78 is 44.7. The van der Waals surface area contributed by atoms with Crippen molar-refractivity contribution in [2.24, 2.45) is 0 Å². The summed E-state index contributed by atoms with van der Waals surface area (Å²) in [5.41, 5.74) is 1.76. The van der Waals surface area contributed by atoms with Crippen LogP contribution in [0.1, 0.15) is 63.6 Å². The highest BCUT2D eigenvalue weighted by Gasteiger charge is 2.31. The molecule has 1 aliphatic rings. The third-order valence-corrected chi connectivity index (χ3v) is 5.28. The van der Waals surface area contributed by atoms with Crippen molar-refractivity contribution in [2.45, 2.75) is 63.7 Å². The molecule has 2 rings (SSSR count). The first-order valence-corrected chi connectivity index (χ1v) is 8.92. The summed E-state index contributed by atoms with van der Waals surface area (Å²) in [6.07, 6.45) is 1.13. The van der Waals surface area contributed by atoms with Gasteiger partial charge in [-0.25, -0.2) is 13.8 Å². The molecule has 130 valence electrons. The Labute approximate surface area is 139 Å². The standard InChI is InChI=1S/C16H24F2N2O2S/c1-10(20-23(21)16(2,3)4)12-7-13(11-5-6-11)15(19-8-12)22-9-14(17)18/h7-8,10-11,14,20H,5-6,9H2,1-4H3. The van der Waals surface area contributed by atoms with Gasteiger partial charge in [0.25, 0.3) is 6.43 Å². The summed E-state index contributed by atoms with van der Waals surface area (Å²) in [7, 11) is 0. The lowest BCUT2D eigenvalue weighted by Crippen LogP contribution is -2.40. The zero-order valence-electron chi connectivity index (χ0n) is 13.9. The summed E-state index contributed by atoms with van der Waals surface area (Å²) in [6, 6.07) is 1.78. The predicted molar refractivity (Wildman–Crippen MR) is 87.2 cm³/mol. The normalized spacial score (nSPS) is 18.1. The Bertz CT molecular complexity index is 533. The SMILES string of the molecule is CC(N[S+]([O-])C(C)(C)C)c1cnc(OCC(F)F)c(C2CC2)c1. The molecule has 7 heteroatoms. The van der Waals surface area contributed by atoms with E-state index in [1.165, 1.54) is 0 Å². The minimum Gasteiger partial charge on any atom is -0.598 e. The van der Waals surface area contributed by atoms with Crippen molar-refractivity contribution in [1.29, 1.82) is 0 Å². The van der Waals surface area contributed by atoms with Crippen LogP contribution in [0.4, 0.5) is 8.78 Å². The molecular formula is C16H24F2N2O2S. The second kappa shape index (κ2) is 7.32. The fourth-order valence-corrected chi connectivity index (χ4v) is 2.89. The first kappa shape index (κ1) is 18.4. The molecule has 0 radical (unpaired) electrons. The summed E-state index contributed by atoms with van der Waals surface area (Å²) in [5, 5.41) is 0. The Morgan fingerprint density at radius 3 is 2.61 bits per heavy atom. The summed E-state index contributed by atoms with van der Waals surface area (Å²) in [5.74, 6) is 0.621. The minimum atomic E-state index is -2.52. The molecule has 0 aromatic carbocycles. The molecule has 1 N–H and O–H groups in total. The van der Waals surface area contributed by atoms with Crippen molar-refractivity contribution in [3.63, 3.8) is 0 Å². The van der Waals surface area contributed by atoms with E-state index in [0.29, 0.717) is 11.8 Å². The number of aromatic nitrogens is 1. The molecule has 1 heterocycles. The van der Waals surface area contributed by atoms with E-state index in [4.69, 9.17) is 4.74 Å². The van der Waals surface area contributed by atoms with Gasteiger partial charge in [-0.3, -0.25) is 0 Å². The topological polar surface area (TPSA) is 57.2 Å². The quantitative estimate of drug-likeness (QED) is 0.765. The second-order valence-corrected chi connectivity index (χ2v) is 8.86. The van der Waals surface area contributed by atoms with Gasteiger partial charge < -0.3 is 9.29 Å². The minimum absolute atomic E-state index is 0.149. The molecule has 0 bridgehead atoms. The number of rotatable bonds is 7. The van der Waals surface area contributed by atoms with Gasteiger partial charge in [-0.05, 0) is 58.1 Å². The number of hydrogen-bond donors (Lipinski definition) is 1. The third kappa shape index (κ3) is 5.29. The number of alkyl halides is 2. The highest BCUT2D eigenvalue weighted by atomic mass is 32.2. The average molecular weight is 346 g/mol. The van der Waals surface area contributed by atoms with Gasteiger partial charge in [0.2, 0.25) is 5.88 Å². The van der Waals surface area contributed by atoms with E-state index >= 15 is 0 Å². The van der Waals surface area contributed by atoms with E-state index < -0.39 is 24.4 Å². The molecule has 0 aliphatic heterocycles. The van der Waals surface area contributed by atoms with E-state index in [9.17, 15) is 13.3 Å². The van der Waals surface area contributed by atoms with Crippen LogP contribution >= 0.6 is 0 Å². The van der Waals surface area contributed by atoms with Gasteiger partial charge in [-0.2, -0.15) is 0 Å². The first-order chi connectivity index (χ1) is 10.7. The van der Waals surface area contributed by atoms with E-state index in [-0.39, 0.29) is 10.8 Å². The van der Waals surface area contributed by atoms with Crippen molar-refractivity contribution in [3.05, 3.63) is 23.4 Å². The maximum Gasteiger partial charge on any atom is 0.272 e. The van der Waals surface area contributed by atoms with Gasteiger partial charge in [0, 0.05) is 23.1 Å². The number of ether oxygens (including phenoxy) is 1. The van der Waals surface area contributed by atoms with E-state index in [2.05, 4.69) is 9.71 Å². The van der Waals surface area contributed by atoms with Crippen molar-refractivity contribution >= 4 is 11.4 Å². The molecule has 1 aromatic heterocycles. The zero-order chi connectivity index (χ0) is 17.2. The van der Waals surface area contributed by atoms with E-state index in [1.807, 2.05) is 33.8 Å². The number of hydrogen-bond acceptors (Lipinski definition) is 4. The van der Waals surface area contributed by atoms with Gasteiger partial charge in [0.15, 0.2) is 6.61 Å². The molecule has 0 amide bonds. The Morgan fingerprint density at radius 1 is 1.43 bits per heavy atom. The van der Waals surface area contributed by atoms with Gasteiger partial charge in [0.1, 0.15) is 4.75 Å². The first-order valence-electron chi connectivity index (χ1n) is 7.77. The fraction of sp³-hybridized carbons (Fsp3) is 0.688. The third-order valence-electron chi connectivity index (χ3n) is 3.60. The van der Waals surface area contributed by atoms with Gasteiger partial charge >= 0.3 is 0 Å². The van der Waals surface area contributed by atoms with Gasteiger partial charge in [-0.15, -0.1) is 4.72 Å². The molecule has 1 fully saturated rings. The van der Waals surface area contributed by atoms with Gasteiger partial charge in [-0.1, -0.05) is 0 Å². The molecule has 23 heavy (non-hydrogen) atoms. The molecule has 1 aromatic rings. The lowest BCUT2D eigenvalue weighted by atomic mass is 10.1. The molecule has 1 aliphatic carbocycles. The van der Waals surface area contributed by atoms with Crippen LogP contribution in [0.5, 0.6) is 5.88 Å². The van der Waals surface area contributed by atoms with Crippen LogP contribution in [0, 0.1) is 0 Å². The molecule has 1 saturated carbocycles. The Kier molecular flexibility index (Phi) is 5.86. The van der Waals surface area contributed by atoms with Crippen molar-refractivity contribution in [1.82, 2.24) is 9.71 Å². The Hall–Kier alpha value is -0.920. The van der Waals surface area contributed by atoms with Gasteiger partial charge in [0.05, 0.1) is 6.04 Å². The monoisotopic (exact) mass is 346 g/mol. The van der Waals surface area contributed by atoms with E-state index in [0.717, 1.165) is 24.0 Å². The molecule has 0 spiro atoms. The fourth-order valence-electron chi connectivity index (χ4n) is 2.08. The smallest absolute Gasteiger partial charge is 0.272 e. The van der Waals surface area contributed by atoms with Crippen molar-refractivity contribution < 1.29 is 18.1 Å². The highest BCUT2D eigenvalue weighted by molar-refractivity contribution is 7.90. The Balaban J connectivity index is 2.12. The van der Waals surface area contributed by atoms with Crippen LogP contribution in [-0.2, 0) is 11.4 Å². The lowest BCUT2D eigenvalue weighted by molar-refractivity contribution is 0.0790. The van der Waals surface area contributed by atoms with Crippen LogP contribution in [0.3, 0.4) is 0 Å². The molecule has 2 unspecified atom stereocenters. The largest absolute Gasteiger partial charge is 0.598 e. The maximum atomic E-state index is 12.3. The number of halogens is 2. The van der Waals surface area contributed by atoms with Crippen molar-refractivity contribution in [2.75, 3.05) is 6.61 Å². The number of nitrogens with zero attached hydrogens (tertiary/aromatic N) is 1. The molecular weight excluding hydrogens is 322 g/mol. The summed E-state index contributed by atoms with van der Waals surface area (Å²) >= 11 is -1.19. The molecule has 0 saturated heterocycles. The number of nitrogens with one attached hydrogen (secondary N) is 1. The lowest BCUT2D eigenvalue weighted by Gasteiger charge is -2.26. The zero-order valence-corrected chi connectivity index (χ0v) is 14.8. The highest BCUT2D eigenvalue weighted by Crippen LogP contribution is 2.44. The average Bonchev–Trinajstić information content (AvgIpc) is 3.28. The number of pyridine rings is 1. The molecule has 4 nitrogen and oxygen atoms in total. The van der Waals surface area contributed by atoms with Crippen LogP contribution in [0.25, 0.3) is 0 Å².